The summed E-state index contributed by atoms with van der Waals surface area (Å²) in [6.07, 6.45) is -4.82. The first-order valence-electron chi connectivity index (χ1n) is 8.94. The van der Waals surface area contributed by atoms with E-state index in [0.717, 1.165) is 16.1 Å². The van der Waals surface area contributed by atoms with Crippen molar-refractivity contribution in [2.45, 2.75) is 13.1 Å². The Morgan fingerprint density at radius 3 is 2.33 bits per heavy atom. The average Bonchev–Trinajstić information content (AvgIpc) is 3.07. The molecule has 33 heavy (non-hydrogen) atoms. The van der Waals surface area contributed by atoms with Gasteiger partial charge in [-0.3, -0.25) is 15.1 Å². The molecule has 1 aromatic heterocycles. The number of halogens is 5. The number of hydrazine groups is 1. The molecule has 0 unspecified atom stereocenters. The van der Waals surface area contributed by atoms with Gasteiger partial charge in [-0.05, 0) is 31.2 Å². The fourth-order valence-corrected chi connectivity index (χ4v) is 3.72. The number of nitro benzene ring substituents is 1. The van der Waals surface area contributed by atoms with Gasteiger partial charge in [0.2, 0.25) is 0 Å². The summed E-state index contributed by atoms with van der Waals surface area (Å²) in [5.74, 6) is 0.0567. The molecule has 174 valence electrons. The van der Waals surface area contributed by atoms with Gasteiger partial charge >= 0.3 is 12.2 Å². The molecule has 0 atom stereocenters. The molecule has 14 heteroatoms. The number of nitro groups is 1. The van der Waals surface area contributed by atoms with Gasteiger partial charge < -0.3 is 10.3 Å². The van der Waals surface area contributed by atoms with Gasteiger partial charge in [-0.2, -0.15) is 18.2 Å². The fourth-order valence-electron chi connectivity index (χ4n) is 3.14. The van der Waals surface area contributed by atoms with Gasteiger partial charge in [0.15, 0.2) is 5.76 Å². The summed E-state index contributed by atoms with van der Waals surface area (Å²) in [7, 11) is 1.20. The molecule has 0 saturated heterocycles. The molecule has 0 aliphatic carbocycles. The third kappa shape index (κ3) is 4.52. The molecule has 0 bridgehead atoms. The number of alkyl halides is 3. The Labute approximate surface area is 194 Å². The van der Waals surface area contributed by atoms with Gasteiger partial charge in [0.1, 0.15) is 17.1 Å². The van der Waals surface area contributed by atoms with E-state index in [9.17, 15) is 28.1 Å². The van der Waals surface area contributed by atoms with Crippen LogP contribution < -0.4 is 15.8 Å². The number of carbonyl (C=O) groups is 1. The van der Waals surface area contributed by atoms with Gasteiger partial charge in [0.05, 0.1) is 20.5 Å². The summed E-state index contributed by atoms with van der Waals surface area (Å²) >= 11 is 12.5. The topological polar surface area (TPSA) is 119 Å². The maximum Gasteiger partial charge on any atom is 0.416 e. The molecular weight excluding hydrogens is 490 g/mol. The summed E-state index contributed by atoms with van der Waals surface area (Å²) < 4.78 is 44.4. The molecule has 0 aliphatic rings. The van der Waals surface area contributed by atoms with Crippen molar-refractivity contribution in [1.82, 2.24) is 5.16 Å². The molecule has 3 aromatic rings. The summed E-state index contributed by atoms with van der Waals surface area (Å²) in [4.78, 5) is 23.0. The highest BCUT2D eigenvalue weighted by molar-refractivity contribution is 6.39. The molecule has 0 aliphatic heterocycles. The van der Waals surface area contributed by atoms with Crippen LogP contribution in [0.15, 0.2) is 40.9 Å². The van der Waals surface area contributed by atoms with Crippen LogP contribution in [0.4, 0.5) is 35.0 Å². The van der Waals surface area contributed by atoms with Crippen LogP contribution in [-0.2, 0) is 6.18 Å². The summed E-state index contributed by atoms with van der Waals surface area (Å²) in [5, 5.41) is 17.4. The van der Waals surface area contributed by atoms with Crippen molar-refractivity contribution >= 4 is 46.3 Å². The lowest BCUT2D eigenvalue weighted by Crippen LogP contribution is -2.48. The quantitative estimate of drug-likeness (QED) is 0.346. The Kier molecular flexibility index (Phi) is 6.43. The van der Waals surface area contributed by atoms with E-state index in [1.165, 1.54) is 26.1 Å². The first-order chi connectivity index (χ1) is 15.3. The number of aryl methyl sites for hydroxylation is 1. The van der Waals surface area contributed by atoms with E-state index in [0.29, 0.717) is 12.1 Å². The Bertz CT molecular complexity index is 1230. The number of nitrogens with zero attached hydrogens (tertiary/aromatic N) is 4. The number of benzene rings is 2. The highest BCUT2D eigenvalue weighted by Gasteiger charge is 2.36. The molecule has 0 saturated carbocycles. The van der Waals surface area contributed by atoms with Gasteiger partial charge in [0.25, 0.3) is 5.69 Å². The maximum absolute atomic E-state index is 13.1. The average molecular weight is 504 g/mol. The summed E-state index contributed by atoms with van der Waals surface area (Å²) in [6.45, 7) is 1.43. The zero-order chi connectivity index (χ0) is 24.7. The number of carbonyl (C=O) groups excluding carboxylic acids is 1. The van der Waals surface area contributed by atoms with E-state index in [4.69, 9.17) is 33.5 Å². The molecule has 9 nitrogen and oxygen atoms in total. The number of urea groups is 1. The molecule has 2 aromatic carbocycles. The van der Waals surface area contributed by atoms with Crippen LogP contribution >= 0.6 is 23.2 Å². The first kappa shape index (κ1) is 24.1. The molecule has 1 heterocycles. The highest BCUT2D eigenvalue weighted by atomic mass is 35.5. The number of amides is 2. The lowest BCUT2D eigenvalue weighted by molar-refractivity contribution is -0.384. The van der Waals surface area contributed by atoms with Gasteiger partial charge in [-0.25, -0.2) is 4.79 Å². The summed E-state index contributed by atoms with van der Waals surface area (Å²) in [5.41, 5.74) is 3.16. The normalized spacial score (nSPS) is 11.4. The molecular formula is C19H14Cl2F3N5O4. The standard InChI is InChI=1S/C19H14Cl2F3N5O4/c1-9-17(16(26-33-9)15-11(20)4-3-5-12(15)21)28(18(25)30)27(2)13-7-6-10(19(22,23)24)8-14(13)29(31)32/h3-8H,1-2H3,(H2,25,30). The number of hydrogen-bond acceptors (Lipinski definition) is 6. The van der Waals surface area contributed by atoms with Crippen LogP contribution in [0.1, 0.15) is 11.3 Å². The van der Waals surface area contributed by atoms with E-state index < -0.39 is 28.4 Å². The molecule has 2 amide bonds. The smallest absolute Gasteiger partial charge is 0.359 e. The minimum absolute atomic E-state index is 0.0108. The zero-order valence-electron chi connectivity index (χ0n) is 16.9. The zero-order valence-corrected chi connectivity index (χ0v) is 18.4. The Morgan fingerprint density at radius 1 is 1.21 bits per heavy atom. The molecule has 0 radical (unpaired) electrons. The summed E-state index contributed by atoms with van der Waals surface area (Å²) in [6, 6.07) is 5.31. The first-order valence-corrected chi connectivity index (χ1v) is 9.69. The monoisotopic (exact) mass is 503 g/mol. The second-order valence-electron chi connectivity index (χ2n) is 6.66. The van der Waals surface area contributed by atoms with E-state index >= 15 is 0 Å². The van der Waals surface area contributed by atoms with Crippen molar-refractivity contribution in [2.24, 2.45) is 5.73 Å². The van der Waals surface area contributed by atoms with Crippen LogP contribution in [0.2, 0.25) is 10.0 Å². The lowest BCUT2D eigenvalue weighted by Gasteiger charge is -2.31. The SMILES string of the molecule is Cc1onc(-c2c(Cl)cccc2Cl)c1N(C(N)=O)N(C)c1ccc(C(F)(F)F)cc1[N+](=O)[O-]. The van der Waals surface area contributed by atoms with E-state index in [-0.39, 0.29) is 38.4 Å². The molecule has 3 rings (SSSR count). The third-order valence-electron chi connectivity index (χ3n) is 4.60. The number of anilines is 2. The van der Waals surface area contributed by atoms with Crippen LogP contribution in [0.5, 0.6) is 0 Å². The van der Waals surface area contributed by atoms with Crippen LogP contribution in [-0.4, -0.2) is 23.2 Å². The van der Waals surface area contributed by atoms with Crippen molar-refractivity contribution in [1.29, 1.82) is 0 Å². The predicted molar refractivity (Wildman–Crippen MR) is 115 cm³/mol. The van der Waals surface area contributed by atoms with Gasteiger partial charge in [-0.1, -0.05) is 34.4 Å². The van der Waals surface area contributed by atoms with E-state index in [1.54, 1.807) is 6.07 Å². The number of rotatable bonds is 5. The Hall–Kier alpha value is -3.51. The molecule has 0 spiro atoms. The van der Waals surface area contributed by atoms with Crippen LogP contribution in [0.25, 0.3) is 11.3 Å². The van der Waals surface area contributed by atoms with Gasteiger partial charge in [0, 0.05) is 18.7 Å². The van der Waals surface area contributed by atoms with Crippen molar-refractivity contribution in [3.8, 4) is 11.3 Å². The number of primary amides is 1. The molecule has 0 fully saturated rings. The third-order valence-corrected chi connectivity index (χ3v) is 5.23. The largest absolute Gasteiger partial charge is 0.416 e. The minimum atomic E-state index is -4.82. The molecule has 2 N–H and O–H groups in total. The lowest BCUT2D eigenvalue weighted by atomic mass is 10.1. The number of aromatic nitrogens is 1. The van der Waals surface area contributed by atoms with E-state index in [2.05, 4.69) is 5.16 Å². The van der Waals surface area contributed by atoms with Crippen molar-refractivity contribution in [2.75, 3.05) is 17.1 Å². The van der Waals surface area contributed by atoms with Crippen LogP contribution in [0.3, 0.4) is 0 Å². The second-order valence-corrected chi connectivity index (χ2v) is 7.48. The maximum atomic E-state index is 13.1. The Morgan fingerprint density at radius 2 is 1.82 bits per heavy atom. The van der Waals surface area contributed by atoms with Crippen LogP contribution in [0, 0.1) is 17.0 Å². The van der Waals surface area contributed by atoms with E-state index in [1.807, 2.05) is 0 Å². The predicted octanol–water partition coefficient (Wildman–Crippen LogP) is 5.82. The van der Waals surface area contributed by atoms with Crippen molar-refractivity contribution < 1.29 is 27.4 Å². The van der Waals surface area contributed by atoms with Crippen molar-refractivity contribution in [3.63, 3.8) is 0 Å². The Balaban J connectivity index is 2.22. The second kappa shape index (κ2) is 8.79. The minimum Gasteiger partial charge on any atom is -0.359 e. The highest BCUT2D eigenvalue weighted by Crippen LogP contribution is 2.43. The number of hydrogen-bond donors (Lipinski definition) is 1. The number of nitrogens with two attached hydrogens (primary N) is 1. The fraction of sp³-hybridized carbons (Fsp3) is 0.158. The van der Waals surface area contributed by atoms with Gasteiger partial charge in [-0.15, -0.1) is 0 Å². The van der Waals surface area contributed by atoms with Crippen molar-refractivity contribution in [3.05, 3.63) is 67.9 Å².